The second-order valence-electron chi connectivity index (χ2n) is 5.92. The molecule has 6 heteroatoms. The van der Waals surface area contributed by atoms with Gasteiger partial charge in [0.2, 0.25) is 0 Å². The number of halogens is 1. The molecule has 1 aliphatic heterocycles. The molecule has 2 aromatic rings. The molecule has 0 spiro atoms. The van der Waals surface area contributed by atoms with Crippen molar-refractivity contribution in [3.63, 3.8) is 0 Å². The second-order valence-corrected chi connectivity index (χ2v) is 5.92. The number of urea groups is 1. The number of carbonyl (C=O) groups is 1. The zero-order valence-corrected chi connectivity index (χ0v) is 14.0. The van der Waals surface area contributed by atoms with E-state index in [0.717, 1.165) is 24.3 Å². The molecule has 0 unspecified atom stereocenters. The number of hydrogen-bond acceptors (Lipinski definition) is 3. The topological polar surface area (TPSA) is 53.6 Å². The van der Waals surface area contributed by atoms with Crippen LogP contribution in [0, 0.1) is 5.82 Å². The Balaban J connectivity index is 1.64. The third kappa shape index (κ3) is 5.01. The van der Waals surface area contributed by atoms with E-state index >= 15 is 0 Å². The SMILES string of the molecule is O=C(NC[C@H](c1ccc(F)cc1)N1CCOCC1)Nc1ccccc1. The Morgan fingerprint density at radius 1 is 1.08 bits per heavy atom. The fourth-order valence-electron chi connectivity index (χ4n) is 2.92. The van der Waals surface area contributed by atoms with Gasteiger partial charge in [0.15, 0.2) is 0 Å². The van der Waals surface area contributed by atoms with Gasteiger partial charge in [-0.1, -0.05) is 30.3 Å². The predicted molar refractivity (Wildman–Crippen MR) is 95.0 cm³/mol. The predicted octanol–water partition coefficient (Wildman–Crippen LogP) is 3.02. The fraction of sp³-hybridized carbons (Fsp3) is 0.316. The van der Waals surface area contributed by atoms with Crippen molar-refractivity contribution in [2.45, 2.75) is 6.04 Å². The number of hydrogen-bond donors (Lipinski definition) is 2. The molecular formula is C19H22FN3O2. The lowest BCUT2D eigenvalue weighted by atomic mass is 10.0. The van der Waals surface area contributed by atoms with Gasteiger partial charge in [0.1, 0.15) is 5.82 Å². The Morgan fingerprint density at radius 3 is 2.44 bits per heavy atom. The van der Waals surface area contributed by atoms with Crippen LogP contribution < -0.4 is 10.6 Å². The molecule has 0 aromatic heterocycles. The third-order valence-corrected chi connectivity index (χ3v) is 4.23. The van der Waals surface area contributed by atoms with E-state index in [0.29, 0.717) is 19.8 Å². The van der Waals surface area contributed by atoms with E-state index < -0.39 is 0 Å². The van der Waals surface area contributed by atoms with Crippen LogP contribution in [0.4, 0.5) is 14.9 Å². The summed E-state index contributed by atoms with van der Waals surface area (Å²) in [6, 6.07) is 15.5. The van der Waals surface area contributed by atoms with E-state index in [1.807, 2.05) is 30.3 Å². The Labute approximate surface area is 146 Å². The molecule has 25 heavy (non-hydrogen) atoms. The first-order valence-electron chi connectivity index (χ1n) is 8.39. The summed E-state index contributed by atoms with van der Waals surface area (Å²) in [6.07, 6.45) is 0. The molecule has 2 N–H and O–H groups in total. The van der Waals surface area contributed by atoms with E-state index in [1.54, 1.807) is 12.1 Å². The lowest BCUT2D eigenvalue weighted by Crippen LogP contribution is -2.44. The minimum absolute atomic E-state index is 0.0222. The quantitative estimate of drug-likeness (QED) is 0.877. The second kappa shape index (κ2) is 8.60. The van der Waals surface area contributed by atoms with Gasteiger partial charge in [-0.25, -0.2) is 9.18 Å². The first-order valence-corrected chi connectivity index (χ1v) is 8.39. The van der Waals surface area contributed by atoms with Gasteiger partial charge in [-0.2, -0.15) is 0 Å². The van der Waals surface area contributed by atoms with Crippen LogP contribution in [-0.4, -0.2) is 43.8 Å². The van der Waals surface area contributed by atoms with Gasteiger partial charge in [-0.05, 0) is 29.8 Å². The zero-order valence-electron chi connectivity index (χ0n) is 14.0. The lowest BCUT2D eigenvalue weighted by molar-refractivity contribution is 0.0167. The summed E-state index contributed by atoms with van der Waals surface area (Å²) < 4.78 is 18.6. The number of benzene rings is 2. The molecule has 1 saturated heterocycles. The van der Waals surface area contributed by atoms with Crippen molar-refractivity contribution < 1.29 is 13.9 Å². The summed E-state index contributed by atoms with van der Waals surface area (Å²) in [5.74, 6) is -0.265. The number of ether oxygens (including phenoxy) is 1. The van der Waals surface area contributed by atoms with Gasteiger partial charge < -0.3 is 15.4 Å². The van der Waals surface area contributed by atoms with E-state index in [9.17, 15) is 9.18 Å². The molecule has 0 radical (unpaired) electrons. The largest absolute Gasteiger partial charge is 0.379 e. The summed E-state index contributed by atoms with van der Waals surface area (Å²) in [5.41, 5.74) is 1.72. The van der Waals surface area contributed by atoms with Crippen molar-refractivity contribution in [3.05, 3.63) is 66.0 Å². The fourth-order valence-corrected chi connectivity index (χ4v) is 2.92. The van der Waals surface area contributed by atoms with Crippen LogP contribution in [0.3, 0.4) is 0 Å². The molecule has 2 amide bonds. The summed E-state index contributed by atoms with van der Waals surface area (Å²) in [5, 5.41) is 5.72. The minimum atomic E-state index is -0.265. The smallest absolute Gasteiger partial charge is 0.319 e. The zero-order chi connectivity index (χ0) is 17.5. The normalized spacial score (nSPS) is 16.2. The maximum Gasteiger partial charge on any atom is 0.319 e. The van der Waals surface area contributed by atoms with Crippen molar-refractivity contribution in [2.24, 2.45) is 0 Å². The molecule has 1 heterocycles. The highest BCUT2D eigenvalue weighted by Crippen LogP contribution is 2.21. The molecule has 0 saturated carbocycles. The summed E-state index contributed by atoms with van der Waals surface area (Å²) in [6.45, 7) is 3.32. The van der Waals surface area contributed by atoms with E-state index in [2.05, 4.69) is 15.5 Å². The van der Waals surface area contributed by atoms with Crippen molar-refractivity contribution in [1.29, 1.82) is 0 Å². The third-order valence-electron chi connectivity index (χ3n) is 4.23. The number of carbonyl (C=O) groups excluding carboxylic acids is 1. The molecule has 1 aliphatic rings. The Bertz CT molecular complexity index is 673. The van der Waals surface area contributed by atoms with Crippen molar-refractivity contribution in [1.82, 2.24) is 10.2 Å². The minimum Gasteiger partial charge on any atom is -0.379 e. The summed E-state index contributed by atoms with van der Waals surface area (Å²) >= 11 is 0. The first kappa shape index (κ1) is 17.4. The van der Waals surface area contributed by atoms with Gasteiger partial charge in [0.05, 0.1) is 19.3 Å². The number of rotatable bonds is 5. The number of nitrogens with zero attached hydrogens (tertiary/aromatic N) is 1. The van der Waals surface area contributed by atoms with Crippen LogP contribution in [0.25, 0.3) is 0 Å². The Kier molecular flexibility index (Phi) is 5.98. The standard InChI is InChI=1S/C19H22FN3O2/c20-16-8-6-15(7-9-16)18(23-10-12-25-13-11-23)14-21-19(24)22-17-4-2-1-3-5-17/h1-9,18H,10-14H2,(H2,21,22,24)/t18-/m1/s1. The molecular weight excluding hydrogens is 321 g/mol. The monoisotopic (exact) mass is 343 g/mol. The molecule has 2 aromatic carbocycles. The average Bonchev–Trinajstić information content (AvgIpc) is 2.65. The Morgan fingerprint density at radius 2 is 1.76 bits per heavy atom. The molecule has 5 nitrogen and oxygen atoms in total. The molecule has 0 aliphatic carbocycles. The highest BCUT2D eigenvalue weighted by atomic mass is 19.1. The van der Waals surface area contributed by atoms with Gasteiger partial charge in [0, 0.05) is 25.3 Å². The molecule has 1 fully saturated rings. The highest BCUT2D eigenvalue weighted by Gasteiger charge is 2.23. The molecule has 0 bridgehead atoms. The summed E-state index contributed by atoms with van der Waals surface area (Å²) in [7, 11) is 0. The number of para-hydroxylation sites is 1. The maximum atomic E-state index is 13.2. The molecule has 1 atom stereocenters. The van der Waals surface area contributed by atoms with Crippen LogP contribution in [0.1, 0.15) is 11.6 Å². The lowest BCUT2D eigenvalue weighted by Gasteiger charge is -2.34. The van der Waals surface area contributed by atoms with Gasteiger partial charge in [-0.3, -0.25) is 4.90 Å². The van der Waals surface area contributed by atoms with E-state index in [1.165, 1.54) is 12.1 Å². The van der Waals surface area contributed by atoms with Crippen molar-refractivity contribution in [3.8, 4) is 0 Å². The van der Waals surface area contributed by atoms with Crippen LogP contribution in [0.5, 0.6) is 0 Å². The van der Waals surface area contributed by atoms with Crippen molar-refractivity contribution in [2.75, 3.05) is 38.2 Å². The highest BCUT2D eigenvalue weighted by molar-refractivity contribution is 5.89. The molecule has 132 valence electrons. The molecule has 3 rings (SSSR count). The number of anilines is 1. The van der Waals surface area contributed by atoms with Gasteiger partial charge in [0.25, 0.3) is 0 Å². The number of nitrogens with one attached hydrogen (secondary N) is 2. The Hall–Kier alpha value is -2.44. The maximum absolute atomic E-state index is 13.2. The van der Waals surface area contributed by atoms with Crippen LogP contribution in [-0.2, 0) is 4.74 Å². The van der Waals surface area contributed by atoms with E-state index in [4.69, 9.17) is 4.74 Å². The first-order chi connectivity index (χ1) is 12.2. The summed E-state index contributed by atoms with van der Waals surface area (Å²) in [4.78, 5) is 14.4. The number of morpholine rings is 1. The van der Waals surface area contributed by atoms with Crippen LogP contribution >= 0.6 is 0 Å². The van der Waals surface area contributed by atoms with E-state index in [-0.39, 0.29) is 17.9 Å². The van der Waals surface area contributed by atoms with Gasteiger partial charge >= 0.3 is 6.03 Å². The van der Waals surface area contributed by atoms with Crippen LogP contribution in [0.15, 0.2) is 54.6 Å². The van der Waals surface area contributed by atoms with Crippen LogP contribution in [0.2, 0.25) is 0 Å². The van der Waals surface area contributed by atoms with Gasteiger partial charge in [-0.15, -0.1) is 0 Å². The number of amides is 2. The van der Waals surface area contributed by atoms with Crippen molar-refractivity contribution >= 4 is 11.7 Å². The average molecular weight is 343 g/mol.